The summed E-state index contributed by atoms with van der Waals surface area (Å²) in [7, 11) is -4.46. The van der Waals surface area contributed by atoms with E-state index in [1.165, 1.54) is 18.2 Å². The molecule has 7 heteroatoms. The predicted molar refractivity (Wildman–Crippen MR) is 80.3 cm³/mol. The second kappa shape index (κ2) is 6.50. The van der Waals surface area contributed by atoms with Gasteiger partial charge in [0.2, 0.25) is 5.91 Å². The molecule has 114 valence electrons. The van der Waals surface area contributed by atoms with Crippen molar-refractivity contribution < 1.29 is 22.6 Å². The lowest BCUT2D eigenvalue weighted by Gasteiger charge is -2.08. The quantitative estimate of drug-likeness (QED) is 0.499. The van der Waals surface area contributed by atoms with Gasteiger partial charge >= 0.3 is 0 Å². The summed E-state index contributed by atoms with van der Waals surface area (Å²) in [5.74, 6) is -1.05. The topological polar surface area (TPSA) is 101 Å². The van der Waals surface area contributed by atoms with Crippen LogP contribution < -0.4 is 5.32 Å². The van der Waals surface area contributed by atoms with Gasteiger partial charge in [0.1, 0.15) is 4.90 Å². The fourth-order valence-corrected chi connectivity index (χ4v) is 2.51. The molecule has 0 aliphatic carbocycles. The highest BCUT2D eigenvalue weighted by Gasteiger charge is 2.18. The molecule has 22 heavy (non-hydrogen) atoms. The number of benzene rings is 2. The Morgan fingerprint density at radius 2 is 1.55 bits per heavy atom. The highest BCUT2D eigenvalue weighted by Crippen LogP contribution is 2.20. The molecular weight excluding hydrogens is 306 g/mol. The Balaban J connectivity index is 2.12. The predicted octanol–water partition coefficient (Wildman–Crippen LogP) is 2.14. The monoisotopic (exact) mass is 319 g/mol. The van der Waals surface area contributed by atoms with Crippen LogP contribution in [-0.2, 0) is 14.9 Å². The zero-order chi connectivity index (χ0) is 16.2. The third-order valence-electron chi connectivity index (χ3n) is 2.86. The number of anilines is 1. The van der Waals surface area contributed by atoms with Gasteiger partial charge in [-0.3, -0.25) is 14.1 Å². The molecule has 0 aromatic heterocycles. The molecule has 0 saturated heterocycles. The summed E-state index contributed by atoms with van der Waals surface area (Å²) in [5.41, 5.74) is 0.316. The number of ketones is 1. The Morgan fingerprint density at radius 3 is 2.18 bits per heavy atom. The standard InChI is InChI=1S/C15H13NO5S/c17-13(11-6-2-1-3-7-11)10-15(18)16-12-8-4-5-9-14(12)22(19,20)21/h1-9H,10H2,(H,16,18)(H,19,20,21). The average Bonchev–Trinajstić information content (AvgIpc) is 2.47. The van der Waals surface area contributed by atoms with Gasteiger partial charge in [-0.2, -0.15) is 8.42 Å². The minimum absolute atomic E-state index is 0.0733. The van der Waals surface area contributed by atoms with Crippen molar-refractivity contribution in [3.05, 3.63) is 60.2 Å². The smallest absolute Gasteiger partial charge is 0.296 e. The van der Waals surface area contributed by atoms with Crippen LogP contribution in [0.25, 0.3) is 0 Å². The zero-order valence-electron chi connectivity index (χ0n) is 11.4. The lowest BCUT2D eigenvalue weighted by Crippen LogP contribution is -2.18. The Bertz CT molecular complexity index is 800. The maximum Gasteiger partial charge on any atom is 0.296 e. The molecule has 0 aliphatic heterocycles. The molecule has 0 aliphatic rings. The molecule has 0 heterocycles. The van der Waals surface area contributed by atoms with E-state index in [2.05, 4.69) is 5.32 Å². The fourth-order valence-electron chi connectivity index (χ4n) is 1.86. The SMILES string of the molecule is O=C(CC(=O)c1ccccc1)Nc1ccccc1S(=O)(=O)O. The molecule has 0 saturated carbocycles. The van der Waals surface area contributed by atoms with E-state index in [9.17, 15) is 18.0 Å². The Morgan fingerprint density at radius 1 is 0.955 bits per heavy atom. The van der Waals surface area contributed by atoms with E-state index in [0.717, 1.165) is 6.07 Å². The molecule has 0 radical (unpaired) electrons. The summed E-state index contributed by atoms with van der Waals surface area (Å²) in [6.07, 6.45) is -0.427. The molecule has 1 amide bonds. The summed E-state index contributed by atoms with van der Waals surface area (Å²) in [6, 6.07) is 13.7. The molecule has 6 nitrogen and oxygen atoms in total. The maximum absolute atomic E-state index is 11.9. The number of amides is 1. The normalized spacial score (nSPS) is 11.0. The van der Waals surface area contributed by atoms with Crippen molar-refractivity contribution >= 4 is 27.5 Å². The zero-order valence-corrected chi connectivity index (χ0v) is 12.2. The highest BCUT2D eigenvalue weighted by atomic mass is 32.2. The van der Waals surface area contributed by atoms with Crippen molar-refractivity contribution in [1.29, 1.82) is 0 Å². The summed E-state index contributed by atoms with van der Waals surface area (Å²) in [6.45, 7) is 0. The Labute approximate surface area is 127 Å². The number of para-hydroxylation sites is 1. The second-order valence-corrected chi connectivity index (χ2v) is 5.88. The molecule has 2 aromatic carbocycles. The van der Waals surface area contributed by atoms with Crippen LogP contribution in [0.1, 0.15) is 16.8 Å². The number of carbonyl (C=O) groups is 2. The molecule has 2 N–H and O–H groups in total. The number of rotatable bonds is 5. The minimum Gasteiger partial charge on any atom is -0.324 e. The molecule has 0 bridgehead atoms. The van der Waals surface area contributed by atoms with Crippen molar-refractivity contribution in [2.24, 2.45) is 0 Å². The minimum atomic E-state index is -4.46. The number of carbonyl (C=O) groups excluding carboxylic acids is 2. The average molecular weight is 319 g/mol. The van der Waals surface area contributed by atoms with Crippen LogP contribution in [-0.4, -0.2) is 24.7 Å². The van der Waals surface area contributed by atoms with Crippen LogP contribution in [0.5, 0.6) is 0 Å². The Kier molecular flexibility index (Phi) is 4.69. The van der Waals surface area contributed by atoms with E-state index < -0.39 is 27.3 Å². The lowest BCUT2D eigenvalue weighted by atomic mass is 10.1. The van der Waals surface area contributed by atoms with Crippen molar-refractivity contribution in [2.45, 2.75) is 11.3 Å². The molecule has 0 spiro atoms. The Hall–Kier alpha value is -2.51. The van der Waals surface area contributed by atoms with Crippen molar-refractivity contribution in [3.63, 3.8) is 0 Å². The maximum atomic E-state index is 11.9. The molecule has 0 unspecified atom stereocenters. The number of Topliss-reactive ketones (excluding diaryl/α,β-unsaturated/α-hetero) is 1. The van der Waals surface area contributed by atoms with Crippen molar-refractivity contribution in [1.82, 2.24) is 0 Å². The number of nitrogens with one attached hydrogen (secondary N) is 1. The van der Waals surface area contributed by atoms with Gasteiger partial charge in [-0.25, -0.2) is 0 Å². The van der Waals surface area contributed by atoms with Crippen LogP contribution in [0.15, 0.2) is 59.5 Å². The van der Waals surface area contributed by atoms with E-state index in [1.807, 2.05) is 0 Å². The van der Waals surface area contributed by atoms with Gasteiger partial charge in [-0.05, 0) is 12.1 Å². The number of hydrogen-bond donors (Lipinski definition) is 2. The van der Waals surface area contributed by atoms with Crippen molar-refractivity contribution in [2.75, 3.05) is 5.32 Å². The van der Waals surface area contributed by atoms with Crippen LogP contribution in [0, 0.1) is 0 Å². The van der Waals surface area contributed by atoms with Gasteiger partial charge in [-0.15, -0.1) is 0 Å². The first kappa shape index (κ1) is 15.9. The van der Waals surface area contributed by atoms with Crippen LogP contribution >= 0.6 is 0 Å². The first-order valence-electron chi connectivity index (χ1n) is 6.32. The van der Waals surface area contributed by atoms with Gasteiger partial charge in [0.05, 0.1) is 12.1 Å². The van der Waals surface area contributed by atoms with Gasteiger partial charge in [0.15, 0.2) is 5.78 Å². The largest absolute Gasteiger partial charge is 0.324 e. The highest BCUT2D eigenvalue weighted by molar-refractivity contribution is 7.86. The van der Waals surface area contributed by atoms with Crippen LogP contribution in [0.2, 0.25) is 0 Å². The van der Waals surface area contributed by atoms with Gasteiger partial charge in [0.25, 0.3) is 10.1 Å². The first-order chi connectivity index (χ1) is 10.4. The summed E-state index contributed by atoms with van der Waals surface area (Å²) in [4.78, 5) is 23.3. The molecule has 2 rings (SSSR count). The van der Waals surface area contributed by atoms with E-state index in [4.69, 9.17) is 4.55 Å². The van der Waals surface area contributed by atoms with Crippen molar-refractivity contribution in [3.8, 4) is 0 Å². The summed E-state index contributed by atoms with van der Waals surface area (Å²) < 4.78 is 31.5. The van der Waals surface area contributed by atoms with E-state index in [-0.39, 0.29) is 11.5 Å². The fraction of sp³-hybridized carbons (Fsp3) is 0.0667. The van der Waals surface area contributed by atoms with E-state index in [1.54, 1.807) is 30.3 Å². The molecule has 0 fully saturated rings. The van der Waals surface area contributed by atoms with Gasteiger partial charge in [0, 0.05) is 5.56 Å². The third-order valence-corrected chi connectivity index (χ3v) is 3.77. The molecular formula is C15H13NO5S. The van der Waals surface area contributed by atoms with E-state index >= 15 is 0 Å². The van der Waals surface area contributed by atoms with Crippen LogP contribution in [0.3, 0.4) is 0 Å². The summed E-state index contributed by atoms with van der Waals surface area (Å²) >= 11 is 0. The second-order valence-electron chi connectivity index (χ2n) is 4.49. The van der Waals surface area contributed by atoms with Gasteiger partial charge in [-0.1, -0.05) is 42.5 Å². The van der Waals surface area contributed by atoms with E-state index in [0.29, 0.717) is 5.56 Å². The summed E-state index contributed by atoms with van der Waals surface area (Å²) in [5, 5.41) is 2.32. The number of hydrogen-bond acceptors (Lipinski definition) is 4. The lowest BCUT2D eigenvalue weighted by molar-refractivity contribution is -0.115. The molecule has 2 aromatic rings. The first-order valence-corrected chi connectivity index (χ1v) is 7.76. The van der Waals surface area contributed by atoms with Crippen LogP contribution in [0.4, 0.5) is 5.69 Å². The molecule has 0 atom stereocenters. The third kappa shape index (κ3) is 4.00. The van der Waals surface area contributed by atoms with Gasteiger partial charge < -0.3 is 5.32 Å².